The smallest absolute Gasteiger partial charge is 0.251 e. The molecular weight excluding hydrogens is 284 g/mol. The molecule has 0 saturated carbocycles. The number of nitrogens with one attached hydrogen (secondary N) is 1. The van der Waals surface area contributed by atoms with Crippen LogP contribution in [0.4, 0.5) is 0 Å². The van der Waals surface area contributed by atoms with Crippen LogP contribution in [0.1, 0.15) is 28.2 Å². The van der Waals surface area contributed by atoms with Gasteiger partial charge < -0.3 is 5.32 Å². The minimum Gasteiger partial charge on any atom is -0.345 e. The van der Waals surface area contributed by atoms with Crippen LogP contribution in [0.25, 0.3) is 5.82 Å². The normalized spacial score (nSPS) is 12.0. The molecule has 0 fully saturated rings. The van der Waals surface area contributed by atoms with E-state index in [1.54, 1.807) is 53.0 Å². The first-order valence-electron chi connectivity index (χ1n) is 6.52. The minimum absolute atomic E-state index is 0.0117. The van der Waals surface area contributed by atoms with Crippen LogP contribution in [0.5, 0.6) is 0 Å². The van der Waals surface area contributed by atoms with Gasteiger partial charge in [0, 0.05) is 29.0 Å². The number of imidazole rings is 1. The molecule has 6 heteroatoms. The number of aromatic nitrogens is 3. The third-order valence-corrected chi connectivity index (χ3v) is 4.15. The minimum atomic E-state index is -0.111. The molecule has 0 bridgehead atoms. The Hall–Kier alpha value is -2.47. The molecule has 0 radical (unpaired) electrons. The number of carbonyl (C=O) groups excluding carboxylic acids is 1. The maximum atomic E-state index is 12.3. The summed E-state index contributed by atoms with van der Waals surface area (Å²) in [5.41, 5.74) is 0.581. The van der Waals surface area contributed by atoms with Crippen LogP contribution in [0.2, 0.25) is 0 Å². The van der Waals surface area contributed by atoms with E-state index in [0.29, 0.717) is 11.4 Å². The van der Waals surface area contributed by atoms with Gasteiger partial charge in [0.05, 0.1) is 6.04 Å². The number of carbonyl (C=O) groups is 1. The highest BCUT2D eigenvalue weighted by Crippen LogP contribution is 2.18. The molecule has 0 saturated heterocycles. The van der Waals surface area contributed by atoms with E-state index < -0.39 is 0 Å². The first kappa shape index (κ1) is 13.5. The Labute approximate surface area is 126 Å². The summed E-state index contributed by atoms with van der Waals surface area (Å²) in [6, 6.07) is 7.43. The third-order valence-electron chi connectivity index (χ3n) is 3.09. The first-order chi connectivity index (χ1) is 10.2. The van der Waals surface area contributed by atoms with Gasteiger partial charge in [0.1, 0.15) is 12.1 Å². The molecule has 1 atom stereocenters. The largest absolute Gasteiger partial charge is 0.345 e. The second kappa shape index (κ2) is 5.88. The number of thiophene rings is 1. The van der Waals surface area contributed by atoms with Crippen molar-refractivity contribution in [1.29, 1.82) is 0 Å². The van der Waals surface area contributed by atoms with Gasteiger partial charge >= 0.3 is 0 Å². The van der Waals surface area contributed by atoms with E-state index in [2.05, 4.69) is 15.3 Å². The maximum Gasteiger partial charge on any atom is 0.251 e. The quantitative estimate of drug-likeness (QED) is 0.805. The average molecular weight is 298 g/mol. The van der Waals surface area contributed by atoms with Crippen molar-refractivity contribution in [2.24, 2.45) is 0 Å². The maximum absolute atomic E-state index is 12.3. The summed E-state index contributed by atoms with van der Waals surface area (Å²) in [6.07, 6.45) is 6.74. The standard InChI is InChI=1S/C15H14N4OS/c1-11(13-3-2-8-21-13)18-15(20)12-4-5-17-14(9-12)19-7-6-16-10-19/h2-11H,1H3,(H,18,20)/t11-/m0/s1. The molecule has 0 aromatic carbocycles. The van der Waals surface area contributed by atoms with Crippen molar-refractivity contribution in [3.05, 3.63) is 65.0 Å². The van der Waals surface area contributed by atoms with Crippen LogP contribution in [0.15, 0.2) is 54.6 Å². The van der Waals surface area contributed by atoms with Crippen LogP contribution in [-0.4, -0.2) is 20.4 Å². The predicted octanol–water partition coefficient (Wildman–Crippen LogP) is 2.82. The zero-order chi connectivity index (χ0) is 14.7. The van der Waals surface area contributed by atoms with Gasteiger partial charge in [-0.1, -0.05) is 6.07 Å². The van der Waals surface area contributed by atoms with Gasteiger partial charge in [0.15, 0.2) is 0 Å². The highest BCUT2D eigenvalue weighted by Gasteiger charge is 2.13. The lowest BCUT2D eigenvalue weighted by Crippen LogP contribution is -2.26. The van der Waals surface area contributed by atoms with Crippen molar-refractivity contribution < 1.29 is 4.79 Å². The molecule has 5 nitrogen and oxygen atoms in total. The van der Waals surface area contributed by atoms with E-state index in [9.17, 15) is 4.79 Å². The first-order valence-corrected chi connectivity index (χ1v) is 7.40. The Morgan fingerprint density at radius 3 is 3.00 bits per heavy atom. The van der Waals surface area contributed by atoms with E-state index in [-0.39, 0.29) is 11.9 Å². The lowest BCUT2D eigenvalue weighted by molar-refractivity contribution is 0.0940. The summed E-state index contributed by atoms with van der Waals surface area (Å²) in [5, 5.41) is 4.99. The van der Waals surface area contributed by atoms with Gasteiger partial charge in [-0.25, -0.2) is 9.97 Å². The van der Waals surface area contributed by atoms with Crippen molar-refractivity contribution in [1.82, 2.24) is 19.9 Å². The fourth-order valence-electron chi connectivity index (χ4n) is 1.98. The van der Waals surface area contributed by atoms with E-state index >= 15 is 0 Å². The Kier molecular flexibility index (Phi) is 3.79. The lowest BCUT2D eigenvalue weighted by Gasteiger charge is -2.12. The lowest BCUT2D eigenvalue weighted by atomic mass is 10.2. The second-order valence-corrected chi connectivity index (χ2v) is 5.56. The SMILES string of the molecule is C[C@H](NC(=O)c1ccnc(-n2ccnc2)c1)c1cccs1. The van der Waals surface area contributed by atoms with Crippen molar-refractivity contribution in [3.63, 3.8) is 0 Å². The molecule has 21 heavy (non-hydrogen) atoms. The molecule has 0 spiro atoms. The fourth-order valence-corrected chi connectivity index (χ4v) is 2.72. The molecule has 3 rings (SSSR count). The highest BCUT2D eigenvalue weighted by atomic mass is 32.1. The van der Waals surface area contributed by atoms with E-state index in [0.717, 1.165) is 4.88 Å². The van der Waals surface area contributed by atoms with Crippen molar-refractivity contribution in [2.75, 3.05) is 0 Å². The van der Waals surface area contributed by atoms with Gasteiger partial charge in [-0.2, -0.15) is 0 Å². The van der Waals surface area contributed by atoms with Crippen LogP contribution < -0.4 is 5.32 Å². The summed E-state index contributed by atoms with van der Waals surface area (Å²) in [4.78, 5) is 21.7. The summed E-state index contributed by atoms with van der Waals surface area (Å²) in [6.45, 7) is 1.97. The molecule has 3 heterocycles. The molecule has 3 aromatic rings. The fraction of sp³-hybridized carbons (Fsp3) is 0.133. The summed E-state index contributed by atoms with van der Waals surface area (Å²) in [7, 11) is 0. The van der Waals surface area contributed by atoms with Crippen LogP contribution in [0.3, 0.4) is 0 Å². The molecule has 0 aliphatic rings. The van der Waals surface area contributed by atoms with Crippen molar-refractivity contribution in [2.45, 2.75) is 13.0 Å². The van der Waals surface area contributed by atoms with Gasteiger partial charge in [-0.3, -0.25) is 9.36 Å². The summed E-state index contributed by atoms with van der Waals surface area (Å²) < 4.78 is 1.76. The van der Waals surface area contributed by atoms with Crippen LogP contribution in [-0.2, 0) is 0 Å². The Morgan fingerprint density at radius 1 is 1.38 bits per heavy atom. The average Bonchev–Trinajstić information content (AvgIpc) is 3.20. The van der Waals surface area contributed by atoms with E-state index in [4.69, 9.17) is 0 Å². The molecular formula is C15H14N4OS. The van der Waals surface area contributed by atoms with E-state index in [1.165, 1.54) is 0 Å². The number of hydrogen-bond acceptors (Lipinski definition) is 4. The topological polar surface area (TPSA) is 59.8 Å². The third kappa shape index (κ3) is 3.00. The zero-order valence-electron chi connectivity index (χ0n) is 11.4. The number of rotatable bonds is 4. The molecule has 0 aliphatic heterocycles. The number of pyridine rings is 1. The Balaban J connectivity index is 1.77. The second-order valence-electron chi connectivity index (χ2n) is 4.58. The Morgan fingerprint density at radius 2 is 2.29 bits per heavy atom. The van der Waals surface area contributed by atoms with Crippen molar-refractivity contribution in [3.8, 4) is 5.82 Å². The molecule has 106 valence electrons. The Bertz CT molecular complexity index is 722. The van der Waals surface area contributed by atoms with Gasteiger partial charge in [0.2, 0.25) is 0 Å². The van der Waals surface area contributed by atoms with Gasteiger partial charge in [-0.15, -0.1) is 11.3 Å². The summed E-state index contributed by atoms with van der Waals surface area (Å²) in [5.74, 6) is 0.559. The molecule has 0 aliphatic carbocycles. The molecule has 1 N–H and O–H groups in total. The predicted molar refractivity (Wildman–Crippen MR) is 81.6 cm³/mol. The molecule has 0 unspecified atom stereocenters. The molecule has 3 aromatic heterocycles. The van der Waals surface area contributed by atoms with Gasteiger partial charge in [-0.05, 0) is 30.5 Å². The van der Waals surface area contributed by atoms with Crippen molar-refractivity contribution >= 4 is 17.2 Å². The van der Waals surface area contributed by atoms with Gasteiger partial charge in [0.25, 0.3) is 5.91 Å². The monoisotopic (exact) mass is 298 g/mol. The highest BCUT2D eigenvalue weighted by molar-refractivity contribution is 7.10. The number of nitrogens with zero attached hydrogens (tertiary/aromatic N) is 3. The zero-order valence-corrected chi connectivity index (χ0v) is 12.2. The van der Waals surface area contributed by atoms with Crippen LogP contribution >= 0.6 is 11.3 Å². The number of hydrogen-bond donors (Lipinski definition) is 1. The van der Waals surface area contributed by atoms with Crippen LogP contribution in [0, 0.1) is 0 Å². The summed E-state index contributed by atoms with van der Waals surface area (Å²) >= 11 is 1.63. The van der Waals surface area contributed by atoms with E-state index in [1.807, 2.05) is 24.4 Å². The molecule has 1 amide bonds. The number of amides is 1.